The van der Waals surface area contributed by atoms with Crippen molar-refractivity contribution in [2.24, 2.45) is 0 Å². The fourth-order valence-electron chi connectivity index (χ4n) is 1.55. The van der Waals surface area contributed by atoms with Crippen LogP contribution in [0.3, 0.4) is 0 Å². The molecule has 1 heterocycles. The molecule has 1 saturated heterocycles. The molecule has 1 fully saturated rings. The number of rotatable bonds is 4. The van der Waals surface area contributed by atoms with Crippen LogP contribution in [0.4, 0.5) is 8.78 Å². The Balaban J connectivity index is 2.41. The third-order valence-electron chi connectivity index (χ3n) is 2.33. The molecule has 0 radical (unpaired) electrons. The van der Waals surface area contributed by atoms with Gasteiger partial charge in [-0.3, -0.25) is 4.79 Å². The highest BCUT2D eigenvalue weighted by Gasteiger charge is 2.26. The predicted molar refractivity (Wildman–Crippen MR) is 47.2 cm³/mol. The zero-order chi connectivity index (χ0) is 10.6. The van der Waals surface area contributed by atoms with Crippen LogP contribution in [0, 0.1) is 0 Å². The van der Waals surface area contributed by atoms with E-state index in [4.69, 9.17) is 4.74 Å². The molecule has 1 aliphatic heterocycles. The quantitative estimate of drug-likeness (QED) is 0.695. The maximum Gasteiger partial charge on any atom is 0.315 e. The number of likely N-dealkylation sites (N-methyl/N-ethyl adjacent to an activating group) is 1. The summed E-state index contributed by atoms with van der Waals surface area (Å²) in [4.78, 5) is 12.1. The van der Waals surface area contributed by atoms with E-state index in [0.29, 0.717) is 19.7 Å². The van der Waals surface area contributed by atoms with Crippen molar-refractivity contribution >= 4 is 5.91 Å². The van der Waals surface area contributed by atoms with Crippen LogP contribution in [0.5, 0.6) is 0 Å². The van der Waals surface area contributed by atoms with Crippen molar-refractivity contribution in [1.82, 2.24) is 4.90 Å². The smallest absolute Gasteiger partial charge is 0.315 e. The number of hydrogen-bond acceptors (Lipinski definition) is 2. The molecule has 5 heteroatoms. The Hall–Kier alpha value is -0.710. The van der Waals surface area contributed by atoms with Crippen molar-refractivity contribution in [2.75, 3.05) is 19.7 Å². The molecule has 1 rings (SSSR count). The van der Waals surface area contributed by atoms with Gasteiger partial charge in [0.1, 0.15) is 0 Å². The number of nitrogens with zero attached hydrogens (tertiary/aromatic N) is 1. The monoisotopic (exact) mass is 207 g/mol. The largest absolute Gasteiger partial charge is 0.376 e. The molecule has 0 bridgehead atoms. The van der Waals surface area contributed by atoms with E-state index >= 15 is 0 Å². The van der Waals surface area contributed by atoms with Crippen molar-refractivity contribution < 1.29 is 18.3 Å². The number of amides is 1. The Morgan fingerprint density at radius 3 is 2.79 bits per heavy atom. The van der Waals surface area contributed by atoms with E-state index < -0.39 is 12.3 Å². The van der Waals surface area contributed by atoms with Gasteiger partial charge in [-0.1, -0.05) is 0 Å². The van der Waals surface area contributed by atoms with Gasteiger partial charge in [-0.25, -0.2) is 0 Å². The van der Waals surface area contributed by atoms with E-state index in [-0.39, 0.29) is 6.10 Å². The summed E-state index contributed by atoms with van der Waals surface area (Å²) in [6, 6.07) is 0. The van der Waals surface area contributed by atoms with Gasteiger partial charge in [-0.15, -0.1) is 0 Å². The molecular weight excluding hydrogens is 192 g/mol. The summed E-state index contributed by atoms with van der Waals surface area (Å²) in [7, 11) is 0. The molecule has 1 atom stereocenters. The van der Waals surface area contributed by atoms with E-state index in [0.717, 1.165) is 17.7 Å². The Bertz CT molecular complexity index is 193. The molecule has 14 heavy (non-hydrogen) atoms. The van der Waals surface area contributed by atoms with E-state index in [1.54, 1.807) is 6.92 Å². The number of alkyl halides is 2. The van der Waals surface area contributed by atoms with Crippen LogP contribution < -0.4 is 0 Å². The number of ether oxygens (including phenoxy) is 1. The summed E-state index contributed by atoms with van der Waals surface area (Å²) in [5, 5.41) is 0. The van der Waals surface area contributed by atoms with E-state index in [9.17, 15) is 13.6 Å². The van der Waals surface area contributed by atoms with E-state index in [1.165, 1.54) is 0 Å². The molecule has 3 nitrogen and oxygen atoms in total. The summed E-state index contributed by atoms with van der Waals surface area (Å²) in [5.74, 6) is -1.09. The van der Waals surface area contributed by atoms with Crippen molar-refractivity contribution in [2.45, 2.75) is 32.3 Å². The SMILES string of the molecule is CCN(CC1CCCO1)C(=O)C(F)F. The third kappa shape index (κ3) is 2.90. The molecule has 1 unspecified atom stereocenters. The number of halogens is 2. The lowest BCUT2D eigenvalue weighted by Gasteiger charge is -2.23. The van der Waals surface area contributed by atoms with Crippen molar-refractivity contribution in [3.8, 4) is 0 Å². The summed E-state index contributed by atoms with van der Waals surface area (Å²) < 4.78 is 29.5. The van der Waals surface area contributed by atoms with Gasteiger partial charge in [-0.05, 0) is 19.8 Å². The molecule has 0 N–H and O–H groups in total. The van der Waals surface area contributed by atoms with Crippen molar-refractivity contribution in [1.29, 1.82) is 0 Å². The molecule has 0 aromatic heterocycles. The first kappa shape index (κ1) is 11.4. The lowest BCUT2D eigenvalue weighted by Crippen LogP contribution is -2.40. The predicted octanol–water partition coefficient (Wildman–Crippen LogP) is 1.28. The van der Waals surface area contributed by atoms with Crippen LogP contribution in [0.2, 0.25) is 0 Å². The zero-order valence-corrected chi connectivity index (χ0v) is 8.21. The highest BCUT2D eigenvalue weighted by atomic mass is 19.3. The Kier molecular flexibility index (Phi) is 4.25. The Morgan fingerprint density at radius 1 is 1.64 bits per heavy atom. The third-order valence-corrected chi connectivity index (χ3v) is 2.33. The van der Waals surface area contributed by atoms with Crippen LogP contribution in [0.15, 0.2) is 0 Å². The highest BCUT2D eigenvalue weighted by molar-refractivity contribution is 5.79. The fraction of sp³-hybridized carbons (Fsp3) is 0.889. The normalized spacial score (nSPS) is 21.6. The molecule has 0 spiro atoms. The molecule has 0 saturated carbocycles. The van der Waals surface area contributed by atoms with Gasteiger partial charge in [0.05, 0.1) is 6.10 Å². The number of carbonyl (C=O) groups excluding carboxylic acids is 1. The second-order valence-electron chi connectivity index (χ2n) is 3.31. The second kappa shape index (κ2) is 5.24. The maximum atomic E-state index is 12.1. The maximum absolute atomic E-state index is 12.1. The second-order valence-corrected chi connectivity index (χ2v) is 3.31. The van der Waals surface area contributed by atoms with Gasteiger partial charge in [0.2, 0.25) is 0 Å². The molecule has 1 aliphatic rings. The minimum absolute atomic E-state index is 0.0577. The van der Waals surface area contributed by atoms with Gasteiger partial charge in [0, 0.05) is 19.7 Å². The molecule has 1 amide bonds. The first-order valence-corrected chi connectivity index (χ1v) is 4.83. The molecular formula is C9H15F2NO2. The van der Waals surface area contributed by atoms with Crippen LogP contribution in [-0.2, 0) is 9.53 Å². The van der Waals surface area contributed by atoms with Gasteiger partial charge in [-0.2, -0.15) is 8.78 Å². The van der Waals surface area contributed by atoms with Crippen LogP contribution >= 0.6 is 0 Å². The Labute approximate surface area is 82.0 Å². The van der Waals surface area contributed by atoms with Crippen molar-refractivity contribution in [3.63, 3.8) is 0 Å². The summed E-state index contributed by atoms with van der Waals surface area (Å²) in [5.41, 5.74) is 0. The van der Waals surface area contributed by atoms with E-state index in [2.05, 4.69) is 0 Å². The van der Waals surface area contributed by atoms with Crippen molar-refractivity contribution in [3.05, 3.63) is 0 Å². The molecule has 0 aliphatic carbocycles. The lowest BCUT2D eigenvalue weighted by molar-refractivity contribution is -0.144. The summed E-state index contributed by atoms with van der Waals surface area (Å²) in [6.07, 6.45) is -1.16. The first-order chi connectivity index (χ1) is 6.65. The average molecular weight is 207 g/mol. The van der Waals surface area contributed by atoms with Gasteiger partial charge < -0.3 is 9.64 Å². The minimum atomic E-state index is -2.91. The number of hydrogen-bond donors (Lipinski definition) is 0. The first-order valence-electron chi connectivity index (χ1n) is 4.83. The van der Waals surface area contributed by atoms with Gasteiger partial charge >= 0.3 is 6.43 Å². The van der Waals surface area contributed by atoms with Gasteiger partial charge in [0.15, 0.2) is 0 Å². The highest BCUT2D eigenvalue weighted by Crippen LogP contribution is 2.14. The summed E-state index contributed by atoms with van der Waals surface area (Å²) >= 11 is 0. The standard InChI is InChI=1S/C9H15F2NO2/c1-2-12(9(13)8(10)11)6-7-4-3-5-14-7/h7-8H,2-6H2,1H3. The topological polar surface area (TPSA) is 29.5 Å². The van der Waals surface area contributed by atoms with E-state index in [1.807, 2.05) is 0 Å². The van der Waals surface area contributed by atoms with Crippen LogP contribution in [-0.4, -0.2) is 43.0 Å². The molecule has 0 aromatic carbocycles. The minimum Gasteiger partial charge on any atom is -0.376 e. The van der Waals surface area contributed by atoms with Crippen LogP contribution in [0.25, 0.3) is 0 Å². The van der Waals surface area contributed by atoms with Gasteiger partial charge in [0.25, 0.3) is 5.91 Å². The number of carbonyl (C=O) groups is 1. The zero-order valence-electron chi connectivity index (χ0n) is 8.21. The molecule has 82 valence electrons. The fourth-order valence-corrected chi connectivity index (χ4v) is 1.55. The summed E-state index contributed by atoms with van der Waals surface area (Å²) in [6.45, 7) is 2.96. The van der Waals surface area contributed by atoms with Crippen LogP contribution in [0.1, 0.15) is 19.8 Å². The Morgan fingerprint density at radius 2 is 2.36 bits per heavy atom. The molecule has 0 aromatic rings. The lowest BCUT2D eigenvalue weighted by atomic mass is 10.2. The average Bonchev–Trinajstić information content (AvgIpc) is 2.65.